The molecule has 0 bridgehead atoms. The van der Waals surface area contributed by atoms with Crippen LogP contribution in [0.15, 0.2) is 24.8 Å². The maximum absolute atomic E-state index is 4.12. The molecule has 14 heavy (non-hydrogen) atoms. The molecule has 0 aromatic carbocycles. The normalized spacial score (nSPS) is 10.1. The lowest BCUT2D eigenvalue weighted by atomic mass is 10.0. The molecule has 0 radical (unpaired) electrons. The molecule has 0 nitrogen and oxygen atoms in total. The molecule has 0 saturated carbocycles. The Kier molecular flexibility index (Phi) is 10.2. The standard InChI is InChI=1S/C14H26/c1-4-6-8-9-11-13-14(3)12-10-7-5-2/h4H,1,3,5-13H2,2H3. The Bertz CT molecular complexity index is 144. The topological polar surface area (TPSA) is 0 Å². The van der Waals surface area contributed by atoms with Gasteiger partial charge in [-0.05, 0) is 38.5 Å². The Hall–Kier alpha value is -0.520. The van der Waals surface area contributed by atoms with E-state index in [2.05, 4.69) is 20.1 Å². The largest absolute Gasteiger partial charge is 0.103 e. The first kappa shape index (κ1) is 13.5. The minimum absolute atomic E-state index is 1.17. The molecule has 82 valence electrons. The summed E-state index contributed by atoms with van der Waals surface area (Å²) in [5, 5.41) is 0. The predicted molar refractivity (Wildman–Crippen MR) is 66.6 cm³/mol. The van der Waals surface area contributed by atoms with Crippen molar-refractivity contribution >= 4 is 0 Å². The van der Waals surface area contributed by atoms with Crippen LogP contribution in [0, 0.1) is 0 Å². The van der Waals surface area contributed by atoms with E-state index in [1.165, 1.54) is 63.4 Å². The molecule has 0 aromatic rings. The van der Waals surface area contributed by atoms with Gasteiger partial charge in [0.1, 0.15) is 0 Å². The first-order valence-corrected chi connectivity index (χ1v) is 6.08. The highest BCUT2D eigenvalue weighted by atomic mass is 14.0. The van der Waals surface area contributed by atoms with Crippen molar-refractivity contribution in [3.05, 3.63) is 24.8 Å². The first-order chi connectivity index (χ1) is 6.81. The summed E-state index contributed by atoms with van der Waals surface area (Å²) in [6.07, 6.45) is 13.6. The molecule has 0 aliphatic rings. The zero-order valence-corrected chi connectivity index (χ0v) is 9.86. The number of hydrogen-bond donors (Lipinski definition) is 0. The van der Waals surface area contributed by atoms with E-state index in [0.717, 1.165) is 0 Å². The minimum atomic E-state index is 1.17. The fraction of sp³-hybridized carbons (Fsp3) is 0.714. The third kappa shape index (κ3) is 9.57. The molecule has 0 aromatic heterocycles. The Morgan fingerprint density at radius 1 is 1.00 bits per heavy atom. The summed E-state index contributed by atoms with van der Waals surface area (Å²) in [5.74, 6) is 0. The highest BCUT2D eigenvalue weighted by molar-refractivity contribution is 4.93. The molecule has 0 saturated heterocycles. The summed E-state index contributed by atoms with van der Waals surface area (Å²) in [7, 11) is 0. The van der Waals surface area contributed by atoms with Crippen LogP contribution in [0.3, 0.4) is 0 Å². The van der Waals surface area contributed by atoms with E-state index in [9.17, 15) is 0 Å². The molecule has 0 rings (SSSR count). The van der Waals surface area contributed by atoms with E-state index in [0.29, 0.717) is 0 Å². The Morgan fingerprint density at radius 3 is 2.21 bits per heavy atom. The van der Waals surface area contributed by atoms with Crippen molar-refractivity contribution in [2.75, 3.05) is 0 Å². The molecular formula is C14H26. The fourth-order valence-corrected chi connectivity index (χ4v) is 1.59. The molecule has 0 fully saturated rings. The van der Waals surface area contributed by atoms with Gasteiger partial charge in [-0.2, -0.15) is 0 Å². The average molecular weight is 194 g/mol. The van der Waals surface area contributed by atoms with Crippen LogP contribution in [0.1, 0.15) is 64.7 Å². The van der Waals surface area contributed by atoms with Gasteiger partial charge in [-0.25, -0.2) is 0 Å². The van der Waals surface area contributed by atoms with Crippen LogP contribution in [-0.2, 0) is 0 Å². The maximum atomic E-state index is 4.12. The highest BCUT2D eigenvalue weighted by Crippen LogP contribution is 2.14. The lowest BCUT2D eigenvalue weighted by molar-refractivity contribution is 0.649. The number of unbranched alkanes of at least 4 members (excludes halogenated alkanes) is 5. The molecule has 0 N–H and O–H groups in total. The molecule has 0 unspecified atom stereocenters. The van der Waals surface area contributed by atoms with Crippen molar-refractivity contribution in [2.45, 2.75) is 64.7 Å². The van der Waals surface area contributed by atoms with Crippen molar-refractivity contribution in [3.63, 3.8) is 0 Å². The monoisotopic (exact) mass is 194 g/mol. The van der Waals surface area contributed by atoms with Crippen LogP contribution in [0.2, 0.25) is 0 Å². The van der Waals surface area contributed by atoms with Gasteiger partial charge >= 0.3 is 0 Å². The van der Waals surface area contributed by atoms with Gasteiger partial charge in [-0.1, -0.05) is 44.4 Å². The van der Waals surface area contributed by atoms with Crippen LogP contribution in [0.5, 0.6) is 0 Å². The van der Waals surface area contributed by atoms with E-state index in [1.807, 2.05) is 6.08 Å². The Labute approximate surface area is 90.1 Å². The molecule has 0 atom stereocenters. The first-order valence-electron chi connectivity index (χ1n) is 6.08. The number of allylic oxidation sites excluding steroid dienone is 2. The molecule has 0 aliphatic heterocycles. The van der Waals surface area contributed by atoms with E-state index in [1.54, 1.807) is 0 Å². The van der Waals surface area contributed by atoms with Gasteiger partial charge in [0, 0.05) is 0 Å². The smallest absolute Gasteiger partial charge is 0.0323 e. The predicted octanol–water partition coefficient (Wildman–Crippen LogP) is 5.26. The van der Waals surface area contributed by atoms with Crippen molar-refractivity contribution < 1.29 is 0 Å². The molecule has 0 heterocycles. The van der Waals surface area contributed by atoms with Gasteiger partial charge < -0.3 is 0 Å². The summed E-state index contributed by atoms with van der Waals surface area (Å²) in [4.78, 5) is 0. The minimum Gasteiger partial charge on any atom is -0.103 e. The molecule has 0 amide bonds. The van der Waals surface area contributed by atoms with Crippen molar-refractivity contribution in [3.8, 4) is 0 Å². The van der Waals surface area contributed by atoms with E-state index in [-0.39, 0.29) is 0 Å². The maximum Gasteiger partial charge on any atom is -0.0323 e. The van der Waals surface area contributed by atoms with Crippen molar-refractivity contribution in [1.82, 2.24) is 0 Å². The van der Waals surface area contributed by atoms with Crippen LogP contribution < -0.4 is 0 Å². The van der Waals surface area contributed by atoms with E-state index >= 15 is 0 Å². The second-order valence-corrected chi connectivity index (χ2v) is 4.10. The van der Waals surface area contributed by atoms with Crippen LogP contribution in [0.25, 0.3) is 0 Å². The second-order valence-electron chi connectivity index (χ2n) is 4.10. The van der Waals surface area contributed by atoms with Crippen molar-refractivity contribution in [2.24, 2.45) is 0 Å². The Balaban J connectivity index is 3.14. The number of hydrogen-bond acceptors (Lipinski definition) is 0. The quantitative estimate of drug-likeness (QED) is 0.329. The third-order valence-corrected chi connectivity index (χ3v) is 2.57. The second kappa shape index (κ2) is 10.6. The molecular weight excluding hydrogens is 168 g/mol. The third-order valence-electron chi connectivity index (χ3n) is 2.57. The molecule has 0 heteroatoms. The van der Waals surface area contributed by atoms with Crippen LogP contribution in [-0.4, -0.2) is 0 Å². The number of rotatable bonds is 10. The lowest BCUT2D eigenvalue weighted by Crippen LogP contribution is -1.84. The fourth-order valence-electron chi connectivity index (χ4n) is 1.59. The highest BCUT2D eigenvalue weighted by Gasteiger charge is 1.95. The van der Waals surface area contributed by atoms with Gasteiger partial charge in [0.05, 0.1) is 0 Å². The Morgan fingerprint density at radius 2 is 1.64 bits per heavy atom. The summed E-state index contributed by atoms with van der Waals surface area (Å²) < 4.78 is 0. The molecule has 0 aliphatic carbocycles. The van der Waals surface area contributed by atoms with Crippen LogP contribution in [0.4, 0.5) is 0 Å². The summed E-state index contributed by atoms with van der Waals surface area (Å²) in [5.41, 5.74) is 1.46. The zero-order valence-electron chi connectivity index (χ0n) is 9.86. The zero-order chi connectivity index (χ0) is 10.6. The van der Waals surface area contributed by atoms with E-state index in [4.69, 9.17) is 0 Å². The van der Waals surface area contributed by atoms with Gasteiger partial charge in [0.15, 0.2) is 0 Å². The van der Waals surface area contributed by atoms with Gasteiger partial charge in [-0.15, -0.1) is 6.58 Å². The summed E-state index contributed by atoms with van der Waals surface area (Å²) in [6, 6.07) is 0. The average Bonchev–Trinajstić information content (AvgIpc) is 2.18. The SMILES string of the molecule is C=CCCCCCC(=C)CCCCC. The summed E-state index contributed by atoms with van der Waals surface area (Å²) in [6.45, 7) is 10.1. The van der Waals surface area contributed by atoms with Gasteiger partial charge in [0.2, 0.25) is 0 Å². The van der Waals surface area contributed by atoms with Gasteiger partial charge in [0.25, 0.3) is 0 Å². The summed E-state index contributed by atoms with van der Waals surface area (Å²) >= 11 is 0. The lowest BCUT2D eigenvalue weighted by Gasteiger charge is -2.04. The van der Waals surface area contributed by atoms with Crippen molar-refractivity contribution in [1.29, 1.82) is 0 Å². The van der Waals surface area contributed by atoms with Gasteiger partial charge in [-0.3, -0.25) is 0 Å². The van der Waals surface area contributed by atoms with E-state index < -0.39 is 0 Å². The van der Waals surface area contributed by atoms with Crippen LogP contribution >= 0.6 is 0 Å². The molecule has 0 spiro atoms.